The molecule has 1 aromatic carbocycles. The van der Waals surface area contributed by atoms with E-state index in [1.807, 2.05) is 18.2 Å². The molecule has 1 saturated heterocycles. The lowest BCUT2D eigenvalue weighted by Gasteiger charge is -2.34. The zero-order valence-electron chi connectivity index (χ0n) is 16.0. The van der Waals surface area contributed by atoms with Crippen LogP contribution < -0.4 is 0 Å². The fourth-order valence-electron chi connectivity index (χ4n) is 3.98. The topological polar surface area (TPSA) is 82.9 Å². The molecule has 156 valence electrons. The van der Waals surface area contributed by atoms with Gasteiger partial charge in [-0.05, 0) is 43.2 Å². The number of benzene rings is 1. The van der Waals surface area contributed by atoms with Gasteiger partial charge >= 0.3 is 0 Å². The summed E-state index contributed by atoms with van der Waals surface area (Å²) in [5, 5.41) is 1.75. The lowest BCUT2D eigenvalue weighted by atomic mass is 9.96. The van der Waals surface area contributed by atoms with Gasteiger partial charge in [0.1, 0.15) is 0 Å². The third-order valence-electron chi connectivity index (χ3n) is 5.59. The number of amidine groups is 1. The molecule has 0 bridgehead atoms. The van der Waals surface area contributed by atoms with Gasteiger partial charge in [-0.15, -0.1) is 15.7 Å². The number of amides is 1. The molecule has 2 aromatic rings. The van der Waals surface area contributed by atoms with Crippen LogP contribution in [0.3, 0.4) is 0 Å². The van der Waals surface area contributed by atoms with Crippen LogP contribution in [0.5, 0.6) is 0 Å². The predicted molar refractivity (Wildman–Crippen MR) is 118 cm³/mol. The molecule has 0 spiro atoms. The average Bonchev–Trinajstić information content (AvgIpc) is 3.15. The molecule has 0 saturated carbocycles. The van der Waals surface area contributed by atoms with Crippen molar-refractivity contribution in [2.45, 2.75) is 18.8 Å². The first kappa shape index (κ1) is 19.7. The maximum Gasteiger partial charge on any atom is 0.257 e. The molecule has 0 N–H and O–H groups in total. The Kier molecular flexibility index (Phi) is 4.91. The van der Waals surface area contributed by atoms with Crippen LogP contribution in [0.15, 0.2) is 46.5 Å². The smallest absolute Gasteiger partial charge is 0.257 e. The highest BCUT2D eigenvalue weighted by Gasteiger charge is 2.34. The molecule has 1 amide bonds. The Hall–Kier alpha value is -2.23. The van der Waals surface area contributed by atoms with Crippen LogP contribution in [0.4, 0.5) is 0 Å². The molecule has 0 radical (unpaired) electrons. The van der Waals surface area contributed by atoms with E-state index in [-0.39, 0.29) is 17.5 Å². The molecule has 10 heteroatoms. The van der Waals surface area contributed by atoms with Gasteiger partial charge in [-0.25, -0.2) is 13.4 Å². The summed E-state index contributed by atoms with van der Waals surface area (Å²) in [6, 6.07) is 5.74. The Bertz CT molecular complexity index is 1220. The first-order chi connectivity index (χ1) is 14.4. The number of likely N-dealkylation sites (tertiary alicyclic amines) is 1. The number of allylic oxidation sites excluding steroid dienone is 2. The molecule has 0 unspecified atom stereocenters. The molecule has 1 aromatic heterocycles. The fourth-order valence-corrected chi connectivity index (χ4v) is 6.24. The number of rotatable bonds is 2. The highest BCUT2D eigenvalue weighted by molar-refractivity contribution is 7.90. The quantitative estimate of drug-likeness (QED) is 0.684. The molecule has 0 aliphatic carbocycles. The van der Waals surface area contributed by atoms with Crippen LogP contribution in [0.2, 0.25) is 5.02 Å². The van der Waals surface area contributed by atoms with Crippen molar-refractivity contribution >= 4 is 54.9 Å². The number of nitrogens with zero attached hydrogens (tertiary/aromatic N) is 4. The van der Waals surface area contributed by atoms with E-state index in [1.54, 1.807) is 39.5 Å². The largest absolute Gasteiger partial charge is 0.338 e. The molecule has 30 heavy (non-hydrogen) atoms. The molecule has 0 atom stereocenters. The monoisotopic (exact) mass is 462 g/mol. The Morgan fingerprint density at radius 1 is 1.20 bits per heavy atom. The lowest BCUT2D eigenvalue weighted by molar-refractivity contribution is -0.127. The van der Waals surface area contributed by atoms with Gasteiger partial charge in [0.15, 0.2) is 5.84 Å². The lowest BCUT2D eigenvalue weighted by Crippen LogP contribution is -2.45. The van der Waals surface area contributed by atoms with E-state index in [4.69, 9.17) is 16.6 Å². The minimum Gasteiger partial charge on any atom is -0.338 e. The van der Waals surface area contributed by atoms with E-state index in [9.17, 15) is 13.2 Å². The molecule has 7 nitrogen and oxygen atoms in total. The van der Waals surface area contributed by atoms with E-state index in [1.165, 1.54) is 0 Å². The number of fused-ring (bicyclic) bond motifs is 2. The van der Waals surface area contributed by atoms with Crippen molar-refractivity contribution < 1.29 is 13.2 Å². The maximum absolute atomic E-state index is 13.1. The summed E-state index contributed by atoms with van der Waals surface area (Å²) in [5.41, 5.74) is 1.26. The summed E-state index contributed by atoms with van der Waals surface area (Å²) in [6.07, 6.45) is 6.81. The summed E-state index contributed by atoms with van der Waals surface area (Å²) in [6.45, 7) is 1.51. The van der Waals surface area contributed by atoms with E-state index in [0.29, 0.717) is 36.1 Å². The van der Waals surface area contributed by atoms with Crippen molar-refractivity contribution in [3.8, 4) is 0 Å². The van der Waals surface area contributed by atoms with E-state index in [2.05, 4.69) is 4.40 Å². The minimum atomic E-state index is -3.53. The second kappa shape index (κ2) is 7.47. The van der Waals surface area contributed by atoms with Crippen molar-refractivity contribution in [1.29, 1.82) is 0 Å². The third kappa shape index (κ3) is 3.66. The van der Waals surface area contributed by atoms with E-state index in [0.717, 1.165) is 28.1 Å². The van der Waals surface area contributed by atoms with Crippen molar-refractivity contribution in [3.05, 3.63) is 52.2 Å². The highest BCUT2D eigenvalue weighted by Crippen LogP contribution is 2.35. The average molecular weight is 463 g/mol. The highest BCUT2D eigenvalue weighted by atomic mass is 35.5. The van der Waals surface area contributed by atoms with Crippen LogP contribution in [0.1, 0.15) is 23.8 Å². The van der Waals surface area contributed by atoms with Gasteiger partial charge in [-0.3, -0.25) is 4.79 Å². The number of carbonyl (C=O) groups is 1. The second-order valence-corrected chi connectivity index (χ2v) is 10.8. The van der Waals surface area contributed by atoms with Crippen molar-refractivity contribution in [2.75, 3.05) is 25.4 Å². The number of sulfonamides is 1. The fraction of sp³-hybridized carbons (Fsp3) is 0.350. The number of hydrogen-bond donors (Lipinski definition) is 0. The normalized spacial score (nSPS) is 21.4. The molecule has 4 heterocycles. The Morgan fingerprint density at radius 2 is 2.00 bits per heavy atom. The number of hydrogen-bond acceptors (Lipinski definition) is 6. The Morgan fingerprint density at radius 3 is 2.80 bits per heavy atom. The van der Waals surface area contributed by atoms with Crippen LogP contribution in [-0.2, 0) is 14.8 Å². The summed E-state index contributed by atoms with van der Waals surface area (Å²) >= 11 is 7.75. The minimum absolute atomic E-state index is 0.0406. The van der Waals surface area contributed by atoms with Gasteiger partial charge in [0.05, 0.1) is 26.6 Å². The molecule has 5 rings (SSSR count). The summed E-state index contributed by atoms with van der Waals surface area (Å²) in [5.74, 6) is 0.323. The van der Waals surface area contributed by atoms with Gasteiger partial charge < -0.3 is 9.80 Å². The summed E-state index contributed by atoms with van der Waals surface area (Å²) in [4.78, 5) is 21.4. The van der Waals surface area contributed by atoms with Gasteiger partial charge in [-0.1, -0.05) is 11.6 Å². The number of piperidine rings is 1. The van der Waals surface area contributed by atoms with Gasteiger partial charge in [0, 0.05) is 36.8 Å². The molecular formula is C20H19ClN4O3S2. The van der Waals surface area contributed by atoms with Crippen LogP contribution in [0.25, 0.3) is 10.2 Å². The molecule has 1 fully saturated rings. The van der Waals surface area contributed by atoms with Gasteiger partial charge in [0.2, 0.25) is 0 Å². The molecule has 3 aliphatic rings. The number of aromatic nitrogens is 1. The zero-order valence-corrected chi connectivity index (χ0v) is 18.4. The zero-order chi connectivity index (χ0) is 20.9. The van der Waals surface area contributed by atoms with E-state index >= 15 is 0 Å². The number of thiazole rings is 1. The van der Waals surface area contributed by atoms with Crippen molar-refractivity contribution in [2.24, 2.45) is 4.40 Å². The Labute approximate surface area is 183 Å². The third-order valence-corrected chi connectivity index (χ3v) is 8.17. The van der Waals surface area contributed by atoms with Crippen LogP contribution >= 0.6 is 22.9 Å². The van der Waals surface area contributed by atoms with E-state index < -0.39 is 10.0 Å². The van der Waals surface area contributed by atoms with Crippen molar-refractivity contribution in [1.82, 2.24) is 14.8 Å². The molecular weight excluding hydrogens is 444 g/mol. The molecule has 3 aliphatic heterocycles. The summed E-state index contributed by atoms with van der Waals surface area (Å²) < 4.78 is 28.9. The predicted octanol–water partition coefficient (Wildman–Crippen LogP) is 3.15. The van der Waals surface area contributed by atoms with Crippen molar-refractivity contribution in [3.63, 3.8) is 0 Å². The van der Waals surface area contributed by atoms with Crippen LogP contribution in [0, 0.1) is 0 Å². The second-order valence-electron chi connectivity index (χ2n) is 7.55. The first-order valence-corrected chi connectivity index (χ1v) is 12.5. The summed E-state index contributed by atoms with van der Waals surface area (Å²) in [7, 11) is -3.53. The van der Waals surface area contributed by atoms with Crippen LogP contribution in [-0.4, -0.2) is 60.3 Å². The first-order valence-electron chi connectivity index (χ1n) is 9.73. The Balaban J connectivity index is 1.31. The maximum atomic E-state index is 13.1. The number of halogens is 1. The standard InChI is InChI=1S/C20H19ClN4O3S2/c21-14-3-4-17-16(12-14)22-19(29-17)13-5-8-25(9-6-13)20(26)15-2-1-7-24-10-11-30(27,28)23-18(15)24/h1-4,7,12-13H,5-6,8-11H2. The number of carbonyl (C=O) groups excluding carboxylic acids is 1. The SMILES string of the molecule is O=C(C1=CC=CN2CCS(=O)(=O)N=C12)N1CCC(c2nc3cc(Cl)ccc3s2)CC1. The van der Waals surface area contributed by atoms with Gasteiger partial charge in [0.25, 0.3) is 15.9 Å². The van der Waals surface area contributed by atoms with Gasteiger partial charge in [-0.2, -0.15) is 0 Å².